The fourth-order valence-corrected chi connectivity index (χ4v) is 7.21. The number of ether oxygens (including phenoxy) is 1. The lowest BCUT2D eigenvalue weighted by molar-refractivity contribution is -0.117. The quantitative estimate of drug-likeness (QED) is 0.430. The number of aromatic hydroxyl groups is 1. The van der Waals surface area contributed by atoms with Crippen molar-refractivity contribution in [3.05, 3.63) is 57.2 Å². The number of carbonyl (C=O) groups excluding carboxylic acids is 1. The van der Waals surface area contributed by atoms with Gasteiger partial charge in [-0.25, -0.2) is 4.98 Å². The first-order valence-corrected chi connectivity index (χ1v) is 14.9. The van der Waals surface area contributed by atoms with Crippen LogP contribution in [0.25, 0.3) is 11.7 Å². The molecule has 6 rings (SSSR count). The second-order valence-corrected chi connectivity index (χ2v) is 12.7. The Hall–Kier alpha value is -2.97. The average molecular weight is 547 g/mol. The van der Waals surface area contributed by atoms with E-state index in [1.807, 2.05) is 44.3 Å². The minimum Gasteiger partial charge on any atom is -0.507 e. The zero-order valence-electron chi connectivity index (χ0n) is 23.3. The monoisotopic (exact) mass is 546 g/mol. The van der Waals surface area contributed by atoms with Gasteiger partial charge >= 0.3 is 0 Å². The number of phenols is 1. The van der Waals surface area contributed by atoms with Crippen LogP contribution in [0.4, 0.5) is 0 Å². The van der Waals surface area contributed by atoms with Crippen LogP contribution in [0.3, 0.4) is 0 Å². The SMILES string of the molecule is Cc1c(C)c2c(c(C)c1O)CCC(C)(CCN1CCC(CNC(=O)C3=Cc4cnc5cccc(n45)S3)CC1)O2. The summed E-state index contributed by atoms with van der Waals surface area (Å²) in [4.78, 5) is 20.7. The van der Waals surface area contributed by atoms with Gasteiger partial charge in [-0.05, 0) is 114 Å². The molecule has 1 atom stereocenters. The molecule has 2 N–H and O–H groups in total. The lowest BCUT2D eigenvalue weighted by Gasteiger charge is -2.40. The molecule has 0 spiro atoms. The van der Waals surface area contributed by atoms with Gasteiger partial charge in [0.2, 0.25) is 0 Å². The first kappa shape index (κ1) is 26.3. The second kappa shape index (κ2) is 10.2. The molecule has 2 aromatic heterocycles. The third kappa shape index (κ3) is 4.93. The highest BCUT2D eigenvalue weighted by atomic mass is 32.2. The molecule has 3 aromatic rings. The zero-order valence-corrected chi connectivity index (χ0v) is 24.2. The molecule has 1 aromatic carbocycles. The van der Waals surface area contributed by atoms with Crippen molar-refractivity contribution in [1.82, 2.24) is 19.6 Å². The van der Waals surface area contributed by atoms with Gasteiger partial charge in [0.25, 0.3) is 5.91 Å². The van der Waals surface area contributed by atoms with Crippen LogP contribution in [0, 0.1) is 26.7 Å². The van der Waals surface area contributed by atoms with Crippen molar-refractivity contribution in [2.24, 2.45) is 5.92 Å². The molecule has 7 nitrogen and oxygen atoms in total. The molecule has 206 valence electrons. The van der Waals surface area contributed by atoms with Crippen LogP contribution in [-0.4, -0.2) is 57.1 Å². The van der Waals surface area contributed by atoms with Crippen molar-refractivity contribution in [2.75, 3.05) is 26.2 Å². The van der Waals surface area contributed by atoms with E-state index in [0.29, 0.717) is 11.7 Å². The van der Waals surface area contributed by atoms with Crippen molar-refractivity contribution >= 4 is 29.4 Å². The number of pyridine rings is 1. The number of imidazole rings is 1. The summed E-state index contributed by atoms with van der Waals surface area (Å²) in [6.45, 7) is 12.1. The summed E-state index contributed by atoms with van der Waals surface area (Å²) < 4.78 is 8.72. The van der Waals surface area contributed by atoms with Gasteiger partial charge in [0.15, 0.2) is 0 Å². The maximum atomic E-state index is 13.0. The first-order chi connectivity index (χ1) is 18.7. The number of hydrogen-bond acceptors (Lipinski definition) is 6. The van der Waals surface area contributed by atoms with Crippen molar-refractivity contribution in [3.8, 4) is 11.5 Å². The Labute approximate surface area is 234 Å². The molecule has 0 bridgehead atoms. The Morgan fingerprint density at radius 3 is 2.79 bits per heavy atom. The summed E-state index contributed by atoms with van der Waals surface area (Å²) in [5.74, 6) is 1.90. The largest absolute Gasteiger partial charge is 0.507 e. The van der Waals surface area contributed by atoms with E-state index >= 15 is 0 Å². The number of thioether (sulfide) groups is 1. The third-order valence-electron chi connectivity index (χ3n) is 9.05. The fourth-order valence-electron chi connectivity index (χ4n) is 6.20. The van der Waals surface area contributed by atoms with E-state index in [-0.39, 0.29) is 11.5 Å². The van der Waals surface area contributed by atoms with Crippen molar-refractivity contribution in [2.45, 2.75) is 70.4 Å². The summed E-state index contributed by atoms with van der Waals surface area (Å²) in [6.07, 6.45) is 8.85. The maximum Gasteiger partial charge on any atom is 0.258 e. The smallest absolute Gasteiger partial charge is 0.258 e. The van der Waals surface area contributed by atoms with Gasteiger partial charge in [-0.2, -0.15) is 0 Å². The number of amides is 1. The lowest BCUT2D eigenvalue weighted by atomic mass is 9.85. The van der Waals surface area contributed by atoms with Crippen LogP contribution in [0.2, 0.25) is 0 Å². The molecule has 1 fully saturated rings. The Morgan fingerprint density at radius 1 is 1.21 bits per heavy atom. The molecular formula is C31H38N4O3S. The van der Waals surface area contributed by atoms with Crippen LogP contribution in [0.1, 0.15) is 60.6 Å². The zero-order chi connectivity index (χ0) is 27.3. The summed E-state index contributed by atoms with van der Waals surface area (Å²) in [6, 6.07) is 6.00. The Morgan fingerprint density at radius 2 is 2.00 bits per heavy atom. The van der Waals surface area contributed by atoms with Crippen LogP contribution in [-0.2, 0) is 11.2 Å². The van der Waals surface area contributed by atoms with Crippen LogP contribution in [0.15, 0.2) is 34.3 Å². The normalized spacial score (nSPS) is 21.4. The van der Waals surface area contributed by atoms with Gasteiger partial charge in [-0.3, -0.25) is 9.20 Å². The summed E-state index contributed by atoms with van der Waals surface area (Å²) in [5, 5.41) is 14.7. The molecule has 0 aliphatic carbocycles. The van der Waals surface area contributed by atoms with E-state index in [1.165, 1.54) is 17.3 Å². The third-order valence-corrected chi connectivity index (χ3v) is 10.1. The highest BCUT2D eigenvalue weighted by Crippen LogP contribution is 2.44. The van der Waals surface area contributed by atoms with Crippen molar-refractivity contribution in [3.63, 3.8) is 0 Å². The number of phenolic OH excluding ortho intramolecular Hbond substituents is 1. The lowest BCUT2D eigenvalue weighted by Crippen LogP contribution is -2.43. The summed E-state index contributed by atoms with van der Waals surface area (Å²) in [5.41, 5.74) is 5.79. The first-order valence-electron chi connectivity index (χ1n) is 14.1. The number of benzene rings is 1. The molecule has 3 aliphatic heterocycles. The number of piperidine rings is 1. The number of hydrogen-bond donors (Lipinski definition) is 2. The van der Waals surface area contributed by atoms with E-state index in [0.717, 1.165) is 102 Å². The predicted octanol–water partition coefficient (Wildman–Crippen LogP) is 5.41. The van der Waals surface area contributed by atoms with E-state index in [4.69, 9.17) is 4.74 Å². The highest BCUT2D eigenvalue weighted by molar-refractivity contribution is 8.04. The van der Waals surface area contributed by atoms with E-state index in [1.54, 1.807) is 0 Å². The van der Waals surface area contributed by atoms with Crippen molar-refractivity contribution in [1.29, 1.82) is 0 Å². The van der Waals surface area contributed by atoms with E-state index in [2.05, 4.69) is 33.4 Å². The Kier molecular flexibility index (Phi) is 6.88. The topological polar surface area (TPSA) is 79.1 Å². The Bertz CT molecular complexity index is 1470. The number of aromatic nitrogens is 2. The predicted molar refractivity (Wildman–Crippen MR) is 155 cm³/mol. The molecular weight excluding hydrogens is 508 g/mol. The van der Waals surface area contributed by atoms with E-state index in [9.17, 15) is 9.90 Å². The maximum absolute atomic E-state index is 13.0. The van der Waals surface area contributed by atoms with Crippen LogP contribution >= 0.6 is 11.8 Å². The highest BCUT2D eigenvalue weighted by Gasteiger charge is 2.35. The summed E-state index contributed by atoms with van der Waals surface area (Å²) in [7, 11) is 0. The number of nitrogens with one attached hydrogen (secondary N) is 1. The molecule has 5 heterocycles. The minimum absolute atomic E-state index is 0.00335. The molecule has 3 aliphatic rings. The Balaban J connectivity index is 0.981. The van der Waals surface area contributed by atoms with Gasteiger partial charge in [0.1, 0.15) is 22.7 Å². The number of likely N-dealkylation sites (tertiary alicyclic amines) is 1. The molecule has 0 saturated carbocycles. The number of nitrogens with zero attached hydrogens (tertiary/aromatic N) is 3. The van der Waals surface area contributed by atoms with Crippen LogP contribution < -0.4 is 10.1 Å². The molecule has 1 saturated heterocycles. The fraction of sp³-hybridized carbons (Fsp3) is 0.484. The average Bonchev–Trinajstić information content (AvgIpc) is 3.37. The molecule has 39 heavy (non-hydrogen) atoms. The molecule has 1 amide bonds. The standard InChI is InChI=1S/C31H38N4O3S/c1-19-20(2)29-24(21(3)28(19)36)8-11-31(4,38-29)12-15-34-13-9-22(10-14-34)17-33-30(37)25-16-23-18-32-26-6-5-7-27(39-25)35(23)26/h5-7,16,18,22,36H,8-15,17H2,1-4H3,(H,33,37). The van der Waals surface area contributed by atoms with Gasteiger partial charge in [0, 0.05) is 18.7 Å². The summed E-state index contributed by atoms with van der Waals surface area (Å²) >= 11 is 1.51. The number of rotatable bonds is 6. The molecule has 8 heteroatoms. The van der Waals surface area contributed by atoms with Gasteiger partial charge in [-0.1, -0.05) is 17.8 Å². The van der Waals surface area contributed by atoms with Gasteiger partial charge < -0.3 is 20.1 Å². The van der Waals surface area contributed by atoms with Gasteiger partial charge in [0.05, 0.1) is 21.8 Å². The van der Waals surface area contributed by atoms with Gasteiger partial charge in [-0.15, -0.1) is 0 Å². The van der Waals surface area contributed by atoms with Crippen molar-refractivity contribution < 1.29 is 14.6 Å². The van der Waals surface area contributed by atoms with E-state index < -0.39 is 0 Å². The minimum atomic E-state index is -0.191. The second-order valence-electron chi connectivity index (χ2n) is 11.7. The number of carbonyl (C=O) groups is 1. The molecule has 0 radical (unpaired) electrons. The van der Waals surface area contributed by atoms with Crippen LogP contribution in [0.5, 0.6) is 11.5 Å². The number of fused-ring (bicyclic) bond motifs is 1. The molecule has 1 unspecified atom stereocenters.